The fraction of sp³-hybridized carbons (Fsp3) is 0.300. The lowest BCUT2D eigenvalue weighted by molar-refractivity contribution is 0.653. The lowest BCUT2D eigenvalue weighted by atomic mass is 10.1. The SMILES string of the molecule is CCn1ccnc1C(N)c1cncnc1. The van der Waals surface area contributed by atoms with E-state index in [1.54, 1.807) is 18.6 Å². The fourth-order valence-electron chi connectivity index (χ4n) is 1.49. The lowest BCUT2D eigenvalue weighted by Crippen LogP contribution is -2.17. The van der Waals surface area contributed by atoms with Gasteiger partial charge in [0.2, 0.25) is 0 Å². The number of imidazole rings is 1. The molecule has 0 saturated heterocycles. The molecule has 5 nitrogen and oxygen atoms in total. The highest BCUT2D eigenvalue weighted by atomic mass is 15.1. The lowest BCUT2D eigenvalue weighted by Gasteiger charge is -2.12. The van der Waals surface area contributed by atoms with E-state index in [-0.39, 0.29) is 6.04 Å². The average Bonchev–Trinajstić information content (AvgIpc) is 2.77. The maximum atomic E-state index is 6.07. The maximum Gasteiger partial charge on any atom is 0.130 e. The molecule has 0 fully saturated rings. The van der Waals surface area contributed by atoms with Crippen molar-refractivity contribution in [3.8, 4) is 0 Å². The second-order valence-electron chi connectivity index (χ2n) is 3.22. The number of hydrogen-bond donors (Lipinski definition) is 1. The van der Waals surface area contributed by atoms with E-state index in [0.29, 0.717) is 0 Å². The van der Waals surface area contributed by atoms with Crippen molar-refractivity contribution in [2.45, 2.75) is 19.5 Å². The summed E-state index contributed by atoms with van der Waals surface area (Å²) < 4.78 is 2.01. The van der Waals surface area contributed by atoms with Gasteiger partial charge in [0.1, 0.15) is 12.2 Å². The molecule has 2 rings (SSSR count). The minimum atomic E-state index is -0.263. The third kappa shape index (κ3) is 1.87. The van der Waals surface area contributed by atoms with Gasteiger partial charge in [-0.25, -0.2) is 15.0 Å². The van der Waals surface area contributed by atoms with Crippen LogP contribution in [0.25, 0.3) is 0 Å². The van der Waals surface area contributed by atoms with Gasteiger partial charge in [0.15, 0.2) is 0 Å². The van der Waals surface area contributed by atoms with Crippen LogP contribution in [0.1, 0.15) is 24.4 Å². The second-order valence-corrected chi connectivity index (χ2v) is 3.22. The molecule has 0 aliphatic rings. The number of nitrogens with zero attached hydrogens (tertiary/aromatic N) is 4. The predicted molar refractivity (Wildman–Crippen MR) is 56.0 cm³/mol. The molecule has 0 bridgehead atoms. The highest BCUT2D eigenvalue weighted by molar-refractivity contribution is 5.18. The Labute approximate surface area is 88.0 Å². The normalized spacial score (nSPS) is 12.7. The van der Waals surface area contributed by atoms with Crippen molar-refractivity contribution in [2.75, 3.05) is 0 Å². The van der Waals surface area contributed by atoms with Gasteiger partial charge in [-0.1, -0.05) is 0 Å². The standard InChI is InChI=1S/C10H13N5/c1-2-15-4-3-14-10(15)9(11)8-5-12-7-13-6-8/h3-7,9H,2,11H2,1H3. The van der Waals surface area contributed by atoms with Gasteiger partial charge < -0.3 is 10.3 Å². The molecule has 0 saturated carbocycles. The number of aryl methyl sites for hydroxylation is 1. The molecule has 0 aliphatic heterocycles. The van der Waals surface area contributed by atoms with Crippen LogP contribution < -0.4 is 5.73 Å². The zero-order chi connectivity index (χ0) is 10.7. The first kappa shape index (κ1) is 9.79. The van der Waals surface area contributed by atoms with Crippen LogP contribution in [0.2, 0.25) is 0 Å². The summed E-state index contributed by atoms with van der Waals surface area (Å²) in [5, 5.41) is 0. The van der Waals surface area contributed by atoms with Gasteiger partial charge in [-0.2, -0.15) is 0 Å². The second kappa shape index (κ2) is 4.18. The Bertz CT molecular complexity index is 422. The van der Waals surface area contributed by atoms with E-state index in [0.717, 1.165) is 17.9 Å². The molecular weight excluding hydrogens is 190 g/mol. The molecule has 2 heterocycles. The van der Waals surface area contributed by atoms with E-state index >= 15 is 0 Å². The van der Waals surface area contributed by atoms with E-state index in [9.17, 15) is 0 Å². The van der Waals surface area contributed by atoms with Gasteiger partial charge in [-0.05, 0) is 6.92 Å². The van der Waals surface area contributed by atoms with E-state index in [4.69, 9.17) is 5.73 Å². The summed E-state index contributed by atoms with van der Waals surface area (Å²) in [5.74, 6) is 0.840. The minimum absolute atomic E-state index is 0.263. The highest BCUT2D eigenvalue weighted by Crippen LogP contribution is 2.15. The van der Waals surface area contributed by atoms with Gasteiger partial charge in [-0.15, -0.1) is 0 Å². The van der Waals surface area contributed by atoms with Crippen molar-refractivity contribution >= 4 is 0 Å². The van der Waals surface area contributed by atoms with Crippen LogP contribution >= 0.6 is 0 Å². The van der Waals surface area contributed by atoms with Crippen molar-refractivity contribution in [1.82, 2.24) is 19.5 Å². The maximum absolute atomic E-state index is 6.07. The Morgan fingerprint density at radius 1 is 1.40 bits per heavy atom. The third-order valence-electron chi connectivity index (χ3n) is 2.31. The molecule has 2 N–H and O–H groups in total. The van der Waals surface area contributed by atoms with Crippen LogP contribution in [0.4, 0.5) is 0 Å². The summed E-state index contributed by atoms with van der Waals surface area (Å²) in [6.45, 7) is 2.91. The zero-order valence-electron chi connectivity index (χ0n) is 8.54. The first-order chi connectivity index (χ1) is 7.33. The molecule has 15 heavy (non-hydrogen) atoms. The van der Waals surface area contributed by atoms with Crippen molar-refractivity contribution in [2.24, 2.45) is 5.73 Å². The van der Waals surface area contributed by atoms with Crippen molar-refractivity contribution in [3.63, 3.8) is 0 Å². The van der Waals surface area contributed by atoms with Gasteiger partial charge in [-0.3, -0.25) is 0 Å². The van der Waals surface area contributed by atoms with Crippen LogP contribution in [-0.4, -0.2) is 19.5 Å². The number of rotatable bonds is 3. The van der Waals surface area contributed by atoms with E-state index in [1.807, 2.05) is 10.8 Å². The van der Waals surface area contributed by atoms with E-state index in [2.05, 4.69) is 21.9 Å². The summed E-state index contributed by atoms with van der Waals surface area (Å²) >= 11 is 0. The first-order valence-electron chi connectivity index (χ1n) is 4.84. The Morgan fingerprint density at radius 3 is 2.80 bits per heavy atom. The van der Waals surface area contributed by atoms with Crippen LogP contribution in [0.5, 0.6) is 0 Å². The van der Waals surface area contributed by atoms with Gasteiger partial charge in [0, 0.05) is 36.9 Å². The molecular formula is C10H13N5. The van der Waals surface area contributed by atoms with Crippen LogP contribution in [0.3, 0.4) is 0 Å². The highest BCUT2D eigenvalue weighted by Gasteiger charge is 2.14. The molecule has 2 aromatic rings. The molecule has 0 aliphatic carbocycles. The Balaban J connectivity index is 2.32. The van der Waals surface area contributed by atoms with E-state index < -0.39 is 0 Å². The molecule has 78 valence electrons. The van der Waals surface area contributed by atoms with Crippen LogP contribution in [0, 0.1) is 0 Å². The molecule has 0 amide bonds. The monoisotopic (exact) mass is 203 g/mol. The quantitative estimate of drug-likeness (QED) is 0.798. The summed E-state index contributed by atoms with van der Waals surface area (Å²) in [7, 11) is 0. The molecule has 5 heteroatoms. The third-order valence-corrected chi connectivity index (χ3v) is 2.31. The van der Waals surface area contributed by atoms with Crippen LogP contribution in [0.15, 0.2) is 31.1 Å². The van der Waals surface area contributed by atoms with Gasteiger partial charge in [0.05, 0.1) is 6.04 Å². The largest absolute Gasteiger partial charge is 0.334 e. The van der Waals surface area contributed by atoms with Crippen molar-refractivity contribution in [3.05, 3.63) is 42.5 Å². The topological polar surface area (TPSA) is 69.6 Å². The Morgan fingerprint density at radius 2 is 2.13 bits per heavy atom. The Hall–Kier alpha value is -1.75. The first-order valence-corrected chi connectivity index (χ1v) is 4.84. The molecule has 1 atom stereocenters. The van der Waals surface area contributed by atoms with Crippen molar-refractivity contribution in [1.29, 1.82) is 0 Å². The van der Waals surface area contributed by atoms with E-state index in [1.165, 1.54) is 6.33 Å². The summed E-state index contributed by atoms with van der Waals surface area (Å²) in [4.78, 5) is 12.1. The molecule has 0 spiro atoms. The number of aromatic nitrogens is 4. The average molecular weight is 203 g/mol. The summed E-state index contributed by atoms with van der Waals surface area (Å²) in [6, 6.07) is -0.263. The number of hydrogen-bond acceptors (Lipinski definition) is 4. The van der Waals surface area contributed by atoms with Gasteiger partial charge >= 0.3 is 0 Å². The van der Waals surface area contributed by atoms with Gasteiger partial charge in [0.25, 0.3) is 0 Å². The fourth-order valence-corrected chi connectivity index (χ4v) is 1.49. The predicted octanol–water partition coefficient (Wildman–Crippen LogP) is 0.741. The molecule has 2 aromatic heterocycles. The van der Waals surface area contributed by atoms with Crippen LogP contribution in [-0.2, 0) is 6.54 Å². The molecule has 1 unspecified atom stereocenters. The zero-order valence-corrected chi connectivity index (χ0v) is 8.54. The Kier molecular flexibility index (Phi) is 2.73. The summed E-state index contributed by atoms with van der Waals surface area (Å²) in [6.07, 6.45) is 8.59. The van der Waals surface area contributed by atoms with Crippen molar-refractivity contribution < 1.29 is 0 Å². The molecule has 0 aromatic carbocycles. The summed E-state index contributed by atoms with van der Waals surface area (Å²) in [5.41, 5.74) is 6.95. The smallest absolute Gasteiger partial charge is 0.130 e. The molecule has 0 radical (unpaired) electrons. The number of nitrogens with two attached hydrogens (primary N) is 1. The minimum Gasteiger partial charge on any atom is -0.334 e.